The van der Waals surface area contributed by atoms with Gasteiger partial charge in [-0.25, -0.2) is 0 Å². The van der Waals surface area contributed by atoms with Gasteiger partial charge in [0.25, 0.3) is 0 Å². The normalized spacial score (nSPS) is 26.5. The first-order valence-electron chi connectivity index (χ1n) is 14.6. The fourth-order valence-electron chi connectivity index (χ4n) is 8.21. The minimum absolute atomic E-state index is 0.0311. The van der Waals surface area contributed by atoms with E-state index in [9.17, 15) is 4.79 Å². The van der Waals surface area contributed by atoms with Crippen LogP contribution in [0.15, 0.2) is 48.5 Å². The number of amides is 1. The van der Waals surface area contributed by atoms with Gasteiger partial charge in [0.1, 0.15) is 0 Å². The molecule has 0 bridgehead atoms. The maximum absolute atomic E-state index is 13.2. The van der Waals surface area contributed by atoms with E-state index in [4.69, 9.17) is 28.4 Å². The van der Waals surface area contributed by atoms with Gasteiger partial charge in [-0.05, 0) is 47.2 Å². The number of methoxy groups -OCH3 is 2. The minimum atomic E-state index is 0.0311. The van der Waals surface area contributed by atoms with Crippen LogP contribution in [0.5, 0.6) is 34.5 Å². The van der Waals surface area contributed by atoms with Crippen LogP contribution in [0.1, 0.15) is 41.0 Å². The van der Waals surface area contributed by atoms with Crippen molar-refractivity contribution in [2.24, 2.45) is 5.92 Å². The average Bonchev–Trinajstić information content (AvgIpc) is 3.78. The molecular formula is C33H34N2O7. The van der Waals surface area contributed by atoms with Crippen LogP contribution >= 0.6 is 0 Å². The molecule has 0 aromatic heterocycles. The third-order valence-corrected chi connectivity index (χ3v) is 9.80. The Labute approximate surface area is 244 Å². The Morgan fingerprint density at radius 1 is 0.905 bits per heavy atom. The number of rotatable bonds is 5. The number of nitrogens with zero attached hydrogens (tertiary/aromatic N) is 2. The van der Waals surface area contributed by atoms with Crippen LogP contribution in [0.3, 0.4) is 0 Å². The van der Waals surface area contributed by atoms with E-state index in [-0.39, 0.29) is 43.4 Å². The lowest BCUT2D eigenvalue weighted by molar-refractivity contribution is -0.135. The summed E-state index contributed by atoms with van der Waals surface area (Å²) in [7, 11) is 3.35. The molecule has 4 heterocycles. The van der Waals surface area contributed by atoms with E-state index in [2.05, 4.69) is 46.2 Å². The smallest absolute Gasteiger partial charge is 0.231 e. The lowest BCUT2D eigenvalue weighted by Gasteiger charge is -2.45. The minimum Gasteiger partial charge on any atom is -0.493 e. The number of hydrogen-bond acceptors (Lipinski definition) is 8. The molecule has 0 radical (unpaired) electrons. The number of hydrogen-bond donors (Lipinski definition) is 0. The van der Waals surface area contributed by atoms with E-state index in [0.29, 0.717) is 41.9 Å². The van der Waals surface area contributed by atoms with Crippen molar-refractivity contribution in [3.63, 3.8) is 0 Å². The van der Waals surface area contributed by atoms with Crippen molar-refractivity contribution in [2.75, 3.05) is 47.4 Å². The highest BCUT2D eigenvalue weighted by Crippen LogP contribution is 2.62. The molecule has 42 heavy (non-hydrogen) atoms. The van der Waals surface area contributed by atoms with Gasteiger partial charge in [-0.15, -0.1) is 0 Å². The van der Waals surface area contributed by atoms with Crippen molar-refractivity contribution >= 4 is 5.91 Å². The molecule has 218 valence electrons. The number of carbonyl (C=O) groups is 1. The van der Waals surface area contributed by atoms with Gasteiger partial charge >= 0.3 is 0 Å². The Morgan fingerprint density at radius 2 is 1.67 bits per heavy atom. The van der Waals surface area contributed by atoms with Crippen molar-refractivity contribution in [3.05, 3.63) is 70.8 Å². The molecule has 5 atom stereocenters. The zero-order chi connectivity index (χ0) is 28.5. The van der Waals surface area contributed by atoms with E-state index < -0.39 is 0 Å². The molecule has 5 aliphatic rings. The van der Waals surface area contributed by atoms with Crippen LogP contribution in [0.4, 0.5) is 0 Å². The first kappa shape index (κ1) is 25.6. The Balaban J connectivity index is 1.17. The molecule has 0 spiro atoms. The van der Waals surface area contributed by atoms with Gasteiger partial charge in [0, 0.05) is 56.0 Å². The van der Waals surface area contributed by atoms with Gasteiger partial charge in [-0.3, -0.25) is 9.69 Å². The predicted octanol–water partition coefficient (Wildman–Crippen LogP) is 4.16. The molecule has 2 fully saturated rings. The molecule has 1 amide bonds. The highest BCUT2D eigenvalue weighted by Gasteiger charge is 2.56. The number of carbonyl (C=O) groups excluding carboxylic acids is 1. The summed E-state index contributed by atoms with van der Waals surface area (Å²) in [6.45, 7) is 4.47. The van der Waals surface area contributed by atoms with E-state index >= 15 is 0 Å². The highest BCUT2D eigenvalue weighted by molar-refractivity contribution is 5.74. The fourth-order valence-corrected chi connectivity index (χ4v) is 8.21. The molecule has 1 aliphatic carbocycles. The molecule has 8 rings (SSSR count). The Hall–Kier alpha value is -4.11. The van der Waals surface area contributed by atoms with Gasteiger partial charge < -0.3 is 33.3 Å². The highest BCUT2D eigenvalue weighted by atomic mass is 16.7. The third kappa shape index (κ3) is 3.75. The first-order chi connectivity index (χ1) is 20.6. The Bertz CT molecular complexity index is 1560. The SMILES string of the molecule is COc1cc(C[C@H]2CN3C[C@@H]4[C@@H](c5ccccc5)c5c(cc6c(c5OC)OCO6)[C@@H]4[C@H]3CN2C(C)=O)cc2c1OCO2. The van der Waals surface area contributed by atoms with Crippen molar-refractivity contribution in [1.82, 2.24) is 9.80 Å². The summed E-state index contributed by atoms with van der Waals surface area (Å²) in [5.41, 5.74) is 4.79. The van der Waals surface area contributed by atoms with E-state index in [0.717, 1.165) is 30.2 Å². The van der Waals surface area contributed by atoms with Gasteiger partial charge in [0.15, 0.2) is 23.0 Å². The molecule has 0 saturated carbocycles. The standard InChI is InChI=1S/C33H34N2O7/c1-18(36)35-15-24-29-22-12-27-32(42-17-40-27)33(38-3)30(22)28(20-7-5-4-6-8-20)23(29)14-34(24)13-21(35)9-19-10-25(37-2)31-26(11-19)39-16-41-31/h4-8,10-12,21,23-24,28-29H,9,13-17H2,1-3H3/t21-,23+,24+,28+,29-/m0/s1. The number of ether oxygens (including phenoxy) is 6. The third-order valence-electron chi connectivity index (χ3n) is 9.80. The lowest BCUT2D eigenvalue weighted by Crippen LogP contribution is -2.59. The summed E-state index contributed by atoms with van der Waals surface area (Å²) in [4.78, 5) is 17.8. The molecule has 3 aromatic carbocycles. The van der Waals surface area contributed by atoms with Crippen LogP contribution in [-0.4, -0.2) is 75.2 Å². The molecule has 0 N–H and O–H groups in total. The number of fused-ring (bicyclic) bond motifs is 7. The fraction of sp³-hybridized carbons (Fsp3) is 0.424. The number of benzene rings is 3. The summed E-state index contributed by atoms with van der Waals surface area (Å²) < 4.78 is 34.7. The molecule has 9 nitrogen and oxygen atoms in total. The molecule has 0 unspecified atom stereocenters. The van der Waals surface area contributed by atoms with Gasteiger partial charge in [-0.1, -0.05) is 30.3 Å². The lowest BCUT2D eigenvalue weighted by atomic mass is 9.82. The van der Waals surface area contributed by atoms with Crippen molar-refractivity contribution in [1.29, 1.82) is 0 Å². The second-order valence-electron chi connectivity index (χ2n) is 11.8. The monoisotopic (exact) mass is 570 g/mol. The van der Waals surface area contributed by atoms with E-state index in [1.165, 1.54) is 16.7 Å². The number of piperazine rings is 1. The molecule has 3 aromatic rings. The Kier molecular flexibility index (Phi) is 5.93. The second-order valence-corrected chi connectivity index (χ2v) is 11.8. The second kappa shape index (κ2) is 9.73. The van der Waals surface area contributed by atoms with Gasteiger partial charge in [-0.2, -0.15) is 0 Å². The van der Waals surface area contributed by atoms with Crippen molar-refractivity contribution < 1.29 is 33.2 Å². The quantitative estimate of drug-likeness (QED) is 0.453. The summed E-state index contributed by atoms with van der Waals surface area (Å²) in [6.07, 6.45) is 0.705. The van der Waals surface area contributed by atoms with Crippen LogP contribution in [-0.2, 0) is 11.2 Å². The summed E-state index contributed by atoms with van der Waals surface area (Å²) >= 11 is 0. The van der Waals surface area contributed by atoms with Gasteiger partial charge in [0.05, 0.1) is 14.2 Å². The van der Waals surface area contributed by atoms with Crippen molar-refractivity contribution in [2.45, 2.75) is 37.3 Å². The Morgan fingerprint density at radius 3 is 2.40 bits per heavy atom. The van der Waals surface area contributed by atoms with Crippen LogP contribution in [0, 0.1) is 5.92 Å². The summed E-state index contributed by atoms with van der Waals surface area (Å²) in [6, 6.07) is 17.1. The predicted molar refractivity (Wildman–Crippen MR) is 153 cm³/mol. The van der Waals surface area contributed by atoms with Crippen molar-refractivity contribution in [3.8, 4) is 34.5 Å². The largest absolute Gasteiger partial charge is 0.493 e. The van der Waals surface area contributed by atoms with E-state index in [1.807, 2.05) is 12.1 Å². The molecular weight excluding hydrogens is 536 g/mol. The first-order valence-corrected chi connectivity index (χ1v) is 14.6. The molecule has 2 saturated heterocycles. The van der Waals surface area contributed by atoms with Crippen LogP contribution < -0.4 is 28.4 Å². The zero-order valence-corrected chi connectivity index (χ0v) is 24.0. The van der Waals surface area contributed by atoms with E-state index in [1.54, 1.807) is 21.1 Å². The topological polar surface area (TPSA) is 78.9 Å². The maximum atomic E-state index is 13.2. The van der Waals surface area contributed by atoms with Gasteiger partial charge in [0.2, 0.25) is 31.0 Å². The van der Waals surface area contributed by atoms with Crippen LogP contribution in [0.2, 0.25) is 0 Å². The molecule has 4 aliphatic heterocycles. The van der Waals surface area contributed by atoms with Crippen LogP contribution in [0.25, 0.3) is 0 Å². The summed E-state index contributed by atoms with van der Waals surface area (Å²) in [5, 5.41) is 0. The summed E-state index contributed by atoms with van der Waals surface area (Å²) in [5.74, 6) is 5.04. The molecule has 9 heteroatoms. The maximum Gasteiger partial charge on any atom is 0.231 e. The average molecular weight is 571 g/mol. The zero-order valence-electron chi connectivity index (χ0n) is 24.0.